The number of nitrogens with two attached hydrogens (primary N) is 1. The van der Waals surface area contributed by atoms with Crippen LogP contribution in [-0.2, 0) is 11.8 Å². The second-order valence-electron chi connectivity index (χ2n) is 4.63. The number of amides is 1. The average Bonchev–Trinajstić information content (AvgIpc) is 2.89. The van der Waals surface area contributed by atoms with E-state index < -0.39 is 23.7 Å². The van der Waals surface area contributed by atoms with E-state index >= 15 is 0 Å². The molecular weight excluding hydrogens is 293 g/mol. The van der Waals surface area contributed by atoms with Crippen molar-refractivity contribution in [2.45, 2.75) is 6.04 Å². The van der Waals surface area contributed by atoms with Gasteiger partial charge in [-0.05, 0) is 18.2 Å². The lowest BCUT2D eigenvalue weighted by molar-refractivity contribution is -0.138. The highest BCUT2D eigenvalue weighted by Gasteiger charge is 2.15. The van der Waals surface area contributed by atoms with Crippen LogP contribution in [0.2, 0.25) is 0 Å². The zero-order valence-electron chi connectivity index (χ0n) is 11.7. The summed E-state index contributed by atoms with van der Waals surface area (Å²) in [6.07, 6.45) is 1.44. The summed E-state index contributed by atoms with van der Waals surface area (Å²) in [4.78, 5) is 22.6. The predicted octanol–water partition coefficient (Wildman–Crippen LogP) is -0.237. The first-order valence-electron chi connectivity index (χ1n) is 6.30. The number of aryl methyl sites for hydroxylation is 1. The van der Waals surface area contributed by atoms with Crippen LogP contribution in [-0.4, -0.2) is 44.6 Å². The van der Waals surface area contributed by atoms with Crippen LogP contribution in [0.5, 0.6) is 0 Å². The van der Waals surface area contributed by atoms with E-state index in [0.717, 1.165) is 6.07 Å². The Kier molecular flexibility index (Phi) is 4.47. The van der Waals surface area contributed by atoms with E-state index in [-0.39, 0.29) is 12.1 Å². The van der Waals surface area contributed by atoms with Gasteiger partial charge >= 0.3 is 5.97 Å². The third kappa shape index (κ3) is 3.44. The lowest BCUT2D eigenvalue weighted by atomic mass is 10.1. The summed E-state index contributed by atoms with van der Waals surface area (Å²) in [7, 11) is 1.64. The molecule has 1 amide bonds. The molecule has 0 saturated carbocycles. The molecule has 0 unspecified atom stereocenters. The number of rotatable bonds is 5. The maximum atomic E-state index is 13.7. The number of carbonyl (C=O) groups is 2. The van der Waals surface area contributed by atoms with Gasteiger partial charge < -0.3 is 16.2 Å². The average molecular weight is 307 g/mol. The number of halogens is 1. The molecule has 2 rings (SSSR count). The summed E-state index contributed by atoms with van der Waals surface area (Å²) in [5.41, 5.74) is 6.31. The Bertz CT molecular complexity index is 715. The first-order chi connectivity index (χ1) is 10.4. The van der Waals surface area contributed by atoms with Crippen LogP contribution in [0, 0.1) is 5.82 Å². The van der Waals surface area contributed by atoms with Crippen LogP contribution in [0.25, 0.3) is 11.3 Å². The maximum absolute atomic E-state index is 13.7. The van der Waals surface area contributed by atoms with E-state index in [1.807, 2.05) is 0 Å². The zero-order valence-corrected chi connectivity index (χ0v) is 11.7. The molecule has 22 heavy (non-hydrogen) atoms. The second kappa shape index (κ2) is 6.31. The van der Waals surface area contributed by atoms with E-state index in [4.69, 9.17) is 10.8 Å². The molecule has 8 nitrogen and oxygen atoms in total. The molecule has 0 spiro atoms. The van der Waals surface area contributed by atoms with Crippen LogP contribution in [0.15, 0.2) is 24.4 Å². The number of nitrogens with one attached hydrogen (secondary N) is 1. The maximum Gasteiger partial charge on any atom is 0.322 e. The Morgan fingerprint density at radius 3 is 2.77 bits per heavy atom. The summed E-state index contributed by atoms with van der Waals surface area (Å²) in [6.45, 7) is -0.257. The molecule has 4 N–H and O–H groups in total. The first-order valence-corrected chi connectivity index (χ1v) is 6.30. The highest BCUT2D eigenvalue weighted by Crippen LogP contribution is 2.20. The minimum atomic E-state index is -1.24. The molecule has 1 atom stereocenters. The molecule has 0 saturated heterocycles. The highest BCUT2D eigenvalue weighted by atomic mass is 19.1. The van der Waals surface area contributed by atoms with Crippen LogP contribution in [0.3, 0.4) is 0 Å². The van der Waals surface area contributed by atoms with Crippen molar-refractivity contribution >= 4 is 11.9 Å². The largest absolute Gasteiger partial charge is 0.480 e. The molecule has 0 fully saturated rings. The number of aliphatic carboxylic acids is 1. The monoisotopic (exact) mass is 307 g/mol. The van der Waals surface area contributed by atoms with Crippen LogP contribution < -0.4 is 11.1 Å². The van der Waals surface area contributed by atoms with Crippen molar-refractivity contribution in [3.8, 4) is 11.3 Å². The fourth-order valence-corrected chi connectivity index (χ4v) is 1.81. The Hall–Kier alpha value is -2.81. The van der Waals surface area contributed by atoms with Crippen molar-refractivity contribution in [1.29, 1.82) is 0 Å². The fraction of sp³-hybridized carbons (Fsp3) is 0.231. The van der Waals surface area contributed by atoms with Gasteiger partial charge in [-0.3, -0.25) is 9.59 Å². The van der Waals surface area contributed by atoms with Gasteiger partial charge in [0.2, 0.25) is 0 Å². The summed E-state index contributed by atoms with van der Waals surface area (Å²) in [5, 5.41) is 18.4. The Labute approximate surface area is 124 Å². The number of carbonyl (C=O) groups excluding carboxylic acids is 1. The van der Waals surface area contributed by atoms with Gasteiger partial charge in [0.05, 0.1) is 11.9 Å². The second-order valence-corrected chi connectivity index (χ2v) is 4.63. The van der Waals surface area contributed by atoms with Crippen molar-refractivity contribution in [1.82, 2.24) is 20.3 Å². The van der Waals surface area contributed by atoms with Crippen LogP contribution in [0.1, 0.15) is 10.4 Å². The number of carboxylic acids is 1. The summed E-state index contributed by atoms with van der Waals surface area (Å²) >= 11 is 0. The standard InChI is InChI=1S/C13H14FN5O3/c1-19-11(6-17-18-19)7-2-8(4-9(14)3-7)12(20)16-5-10(15)13(21)22/h2-4,6,10H,5,15H2,1H3,(H,16,20)(H,21,22)/t10-/m1/s1. The molecule has 2 aromatic rings. The molecule has 0 aliphatic carbocycles. The predicted molar refractivity (Wildman–Crippen MR) is 74.3 cm³/mol. The van der Waals surface area contributed by atoms with Crippen molar-refractivity contribution in [3.05, 3.63) is 35.8 Å². The van der Waals surface area contributed by atoms with Crippen molar-refractivity contribution in [2.75, 3.05) is 6.54 Å². The minimum absolute atomic E-state index is 0.0498. The number of hydrogen-bond acceptors (Lipinski definition) is 5. The molecule has 1 aromatic carbocycles. The van der Waals surface area contributed by atoms with Gasteiger partial charge in [0.15, 0.2) is 0 Å². The Balaban J connectivity index is 2.21. The molecule has 116 valence electrons. The SMILES string of the molecule is Cn1nncc1-c1cc(F)cc(C(=O)NC[C@@H](N)C(=O)O)c1. The van der Waals surface area contributed by atoms with Gasteiger partial charge in [-0.15, -0.1) is 5.10 Å². The quantitative estimate of drug-likeness (QED) is 0.700. The minimum Gasteiger partial charge on any atom is -0.480 e. The van der Waals surface area contributed by atoms with E-state index in [9.17, 15) is 14.0 Å². The lowest BCUT2D eigenvalue weighted by Crippen LogP contribution is -2.42. The lowest BCUT2D eigenvalue weighted by Gasteiger charge is -2.10. The normalized spacial score (nSPS) is 12.0. The van der Waals surface area contributed by atoms with Gasteiger partial charge in [0.1, 0.15) is 11.9 Å². The van der Waals surface area contributed by atoms with Crippen molar-refractivity contribution in [2.24, 2.45) is 12.8 Å². The van der Waals surface area contributed by atoms with E-state index in [1.54, 1.807) is 7.05 Å². The van der Waals surface area contributed by atoms with Gasteiger partial charge in [0, 0.05) is 24.7 Å². The van der Waals surface area contributed by atoms with Crippen LogP contribution in [0.4, 0.5) is 4.39 Å². The fourth-order valence-electron chi connectivity index (χ4n) is 1.81. The third-order valence-corrected chi connectivity index (χ3v) is 2.97. The summed E-state index contributed by atoms with van der Waals surface area (Å²) in [5.74, 6) is -2.46. The molecule has 0 aliphatic rings. The molecule has 0 aliphatic heterocycles. The highest BCUT2D eigenvalue weighted by molar-refractivity contribution is 5.95. The molecular formula is C13H14FN5O3. The number of benzene rings is 1. The first kappa shape index (κ1) is 15.6. The summed E-state index contributed by atoms with van der Waals surface area (Å²) < 4.78 is 15.1. The molecule has 9 heteroatoms. The Morgan fingerprint density at radius 1 is 1.45 bits per heavy atom. The number of aromatic nitrogens is 3. The van der Waals surface area contributed by atoms with Gasteiger partial charge in [-0.1, -0.05) is 5.21 Å². The molecule has 1 heterocycles. The summed E-state index contributed by atoms with van der Waals surface area (Å²) in [6, 6.07) is 2.54. The number of carboxylic acid groups (broad SMARTS) is 1. The third-order valence-electron chi connectivity index (χ3n) is 2.97. The number of nitrogens with zero attached hydrogens (tertiary/aromatic N) is 3. The molecule has 1 aromatic heterocycles. The topological polar surface area (TPSA) is 123 Å². The van der Waals surface area contributed by atoms with E-state index in [1.165, 1.54) is 23.0 Å². The smallest absolute Gasteiger partial charge is 0.322 e. The van der Waals surface area contributed by atoms with E-state index in [2.05, 4.69) is 15.6 Å². The molecule has 0 radical (unpaired) electrons. The zero-order chi connectivity index (χ0) is 16.3. The van der Waals surface area contributed by atoms with Gasteiger partial charge in [-0.25, -0.2) is 9.07 Å². The van der Waals surface area contributed by atoms with Crippen molar-refractivity contribution in [3.63, 3.8) is 0 Å². The van der Waals surface area contributed by atoms with Crippen LogP contribution >= 0.6 is 0 Å². The Morgan fingerprint density at radius 2 is 2.18 bits per heavy atom. The number of hydrogen-bond donors (Lipinski definition) is 3. The van der Waals surface area contributed by atoms with Gasteiger partial charge in [0.25, 0.3) is 5.91 Å². The van der Waals surface area contributed by atoms with Crippen molar-refractivity contribution < 1.29 is 19.1 Å². The molecule has 0 bridgehead atoms. The van der Waals surface area contributed by atoms with E-state index in [0.29, 0.717) is 11.3 Å². The van der Waals surface area contributed by atoms with Gasteiger partial charge in [-0.2, -0.15) is 0 Å².